The number of aliphatic hydroxyl groups excluding tert-OH is 1. The van der Waals surface area contributed by atoms with Gasteiger partial charge in [0.15, 0.2) is 0 Å². The van der Waals surface area contributed by atoms with Crippen LogP contribution in [0.15, 0.2) is 77.4 Å². The lowest BCUT2D eigenvalue weighted by molar-refractivity contribution is -0.116. The molecule has 0 fully saturated rings. The highest BCUT2D eigenvalue weighted by molar-refractivity contribution is 5.99. The molecule has 0 saturated heterocycles. The standard InChI is InChI=1S/C23H26N2O2/c1-6-16(3)11-19(7-2)21(20-10-8-9-18(13-20)15-26)12-17(4)22(14-24)23(27)25-5/h6-13,26H,1,15H2,2-5H3,(H,25,27)/b16-11-,19-7+,21-12-,22-17-. The molecule has 1 aromatic rings. The van der Waals surface area contributed by atoms with Crippen LogP contribution in [0.4, 0.5) is 0 Å². The molecule has 4 nitrogen and oxygen atoms in total. The average Bonchev–Trinajstić information content (AvgIpc) is 2.70. The second-order valence-electron chi connectivity index (χ2n) is 6.00. The highest BCUT2D eigenvalue weighted by atomic mass is 16.3. The molecule has 1 amide bonds. The van der Waals surface area contributed by atoms with Gasteiger partial charge in [-0.05, 0) is 60.8 Å². The fraction of sp³-hybridized carbons (Fsp3) is 0.217. The van der Waals surface area contributed by atoms with Gasteiger partial charge in [-0.2, -0.15) is 5.26 Å². The summed E-state index contributed by atoms with van der Waals surface area (Å²) in [4.78, 5) is 12.0. The van der Waals surface area contributed by atoms with Crippen molar-refractivity contribution in [2.45, 2.75) is 27.4 Å². The number of hydrogen-bond acceptors (Lipinski definition) is 3. The first-order valence-corrected chi connectivity index (χ1v) is 8.64. The molecule has 1 aromatic carbocycles. The third kappa shape index (κ3) is 5.95. The Morgan fingerprint density at radius 3 is 2.56 bits per heavy atom. The number of allylic oxidation sites excluding steroid dienone is 8. The zero-order chi connectivity index (χ0) is 20.4. The number of carbonyl (C=O) groups is 1. The first kappa shape index (κ1) is 21.9. The molecule has 0 radical (unpaired) electrons. The van der Waals surface area contributed by atoms with E-state index in [1.807, 2.05) is 62.4 Å². The van der Waals surface area contributed by atoms with E-state index in [0.29, 0.717) is 5.57 Å². The van der Waals surface area contributed by atoms with Gasteiger partial charge < -0.3 is 10.4 Å². The number of carbonyl (C=O) groups excluding carboxylic acids is 1. The van der Waals surface area contributed by atoms with Crippen LogP contribution in [0.5, 0.6) is 0 Å². The molecule has 140 valence electrons. The Morgan fingerprint density at radius 2 is 2.04 bits per heavy atom. The SMILES string of the molecule is C=C\C(C)=C/C(=C\C)C(=C/C(C)=C(/C#N)C(=O)NC)/c1cccc(CO)c1. The Labute approximate surface area is 161 Å². The van der Waals surface area contributed by atoms with Crippen molar-refractivity contribution in [2.75, 3.05) is 7.05 Å². The summed E-state index contributed by atoms with van der Waals surface area (Å²) in [6.07, 6.45) is 7.54. The number of benzene rings is 1. The summed E-state index contributed by atoms with van der Waals surface area (Å²) in [6.45, 7) is 9.34. The fourth-order valence-electron chi connectivity index (χ4n) is 2.52. The molecule has 0 unspecified atom stereocenters. The molecule has 0 aliphatic carbocycles. The Balaban J connectivity index is 3.73. The molecule has 0 heterocycles. The van der Waals surface area contributed by atoms with Gasteiger partial charge in [-0.15, -0.1) is 0 Å². The van der Waals surface area contributed by atoms with Crippen molar-refractivity contribution in [1.82, 2.24) is 5.32 Å². The Hall–Kier alpha value is -3.16. The summed E-state index contributed by atoms with van der Waals surface area (Å²) < 4.78 is 0. The first-order chi connectivity index (χ1) is 12.9. The average molecular weight is 362 g/mol. The summed E-state index contributed by atoms with van der Waals surface area (Å²) in [5.41, 5.74) is 5.06. The van der Waals surface area contributed by atoms with E-state index in [9.17, 15) is 15.2 Å². The number of rotatable bonds is 7. The third-order valence-corrected chi connectivity index (χ3v) is 4.07. The molecule has 1 rings (SSSR count). The van der Waals surface area contributed by atoms with Crippen molar-refractivity contribution < 1.29 is 9.90 Å². The van der Waals surface area contributed by atoms with E-state index in [2.05, 4.69) is 11.9 Å². The number of nitriles is 1. The van der Waals surface area contributed by atoms with E-state index in [1.165, 1.54) is 7.05 Å². The van der Waals surface area contributed by atoms with Crippen LogP contribution in [0.1, 0.15) is 31.9 Å². The van der Waals surface area contributed by atoms with Crippen LogP contribution >= 0.6 is 0 Å². The largest absolute Gasteiger partial charge is 0.392 e. The Bertz CT molecular complexity index is 878. The van der Waals surface area contributed by atoms with Crippen LogP contribution in [0.25, 0.3) is 5.57 Å². The molecule has 0 aliphatic heterocycles. The van der Waals surface area contributed by atoms with E-state index in [-0.39, 0.29) is 12.2 Å². The summed E-state index contributed by atoms with van der Waals surface area (Å²) in [5, 5.41) is 21.3. The van der Waals surface area contributed by atoms with Gasteiger partial charge in [0.25, 0.3) is 5.91 Å². The zero-order valence-corrected chi connectivity index (χ0v) is 16.3. The van der Waals surface area contributed by atoms with Gasteiger partial charge in [-0.3, -0.25) is 4.79 Å². The van der Waals surface area contributed by atoms with Crippen molar-refractivity contribution >= 4 is 11.5 Å². The second kappa shape index (κ2) is 10.7. The number of amides is 1. The predicted octanol–water partition coefficient (Wildman–Crippen LogP) is 4.23. The molecule has 0 aromatic heterocycles. The fourth-order valence-corrected chi connectivity index (χ4v) is 2.52. The second-order valence-corrected chi connectivity index (χ2v) is 6.00. The van der Waals surface area contributed by atoms with Gasteiger partial charge in [0.2, 0.25) is 0 Å². The molecular weight excluding hydrogens is 336 g/mol. The van der Waals surface area contributed by atoms with E-state index in [4.69, 9.17) is 0 Å². The smallest absolute Gasteiger partial charge is 0.261 e. The molecule has 0 bridgehead atoms. The maximum atomic E-state index is 12.0. The molecule has 2 N–H and O–H groups in total. The topological polar surface area (TPSA) is 73.1 Å². The van der Waals surface area contributed by atoms with Gasteiger partial charge >= 0.3 is 0 Å². The molecule has 0 saturated carbocycles. The highest BCUT2D eigenvalue weighted by Crippen LogP contribution is 2.28. The van der Waals surface area contributed by atoms with E-state index in [1.54, 1.807) is 13.0 Å². The molecule has 4 heteroatoms. The quantitative estimate of drug-likeness (QED) is 0.433. The molecule has 0 aliphatic rings. The lowest BCUT2D eigenvalue weighted by Gasteiger charge is -2.13. The van der Waals surface area contributed by atoms with E-state index in [0.717, 1.165) is 27.8 Å². The molecule has 27 heavy (non-hydrogen) atoms. The van der Waals surface area contributed by atoms with Crippen molar-refractivity contribution in [3.63, 3.8) is 0 Å². The van der Waals surface area contributed by atoms with Gasteiger partial charge in [-0.1, -0.05) is 48.6 Å². The first-order valence-electron chi connectivity index (χ1n) is 8.64. The number of nitrogens with one attached hydrogen (secondary N) is 1. The van der Waals surface area contributed by atoms with E-state index >= 15 is 0 Å². The highest BCUT2D eigenvalue weighted by Gasteiger charge is 2.12. The minimum absolute atomic E-state index is 0.0631. The maximum absolute atomic E-state index is 12.0. The van der Waals surface area contributed by atoms with Crippen molar-refractivity contribution in [3.8, 4) is 6.07 Å². The number of hydrogen-bond donors (Lipinski definition) is 2. The zero-order valence-electron chi connectivity index (χ0n) is 16.3. The Kier molecular flexibility index (Phi) is 8.71. The number of likely N-dealkylation sites (N-methyl/N-ethyl adjacent to an activating group) is 1. The van der Waals surface area contributed by atoms with E-state index < -0.39 is 5.91 Å². The number of nitrogens with zero attached hydrogens (tertiary/aromatic N) is 1. The molecule has 0 spiro atoms. The van der Waals surface area contributed by atoms with Crippen molar-refractivity contribution in [1.29, 1.82) is 5.26 Å². The summed E-state index contributed by atoms with van der Waals surface area (Å²) in [5.74, 6) is -0.422. The molecular formula is C23H26N2O2. The van der Waals surface area contributed by atoms with Crippen LogP contribution in [0, 0.1) is 11.3 Å². The Morgan fingerprint density at radius 1 is 1.33 bits per heavy atom. The van der Waals surface area contributed by atoms with Gasteiger partial charge in [0.05, 0.1) is 6.61 Å². The maximum Gasteiger partial charge on any atom is 0.261 e. The molecule has 0 atom stereocenters. The van der Waals surface area contributed by atoms with Crippen LogP contribution < -0.4 is 5.32 Å². The predicted molar refractivity (Wildman–Crippen MR) is 110 cm³/mol. The minimum Gasteiger partial charge on any atom is -0.392 e. The minimum atomic E-state index is -0.422. The van der Waals surface area contributed by atoms with Crippen molar-refractivity contribution in [3.05, 3.63) is 88.6 Å². The monoisotopic (exact) mass is 362 g/mol. The van der Waals surface area contributed by atoms with Crippen molar-refractivity contribution in [2.24, 2.45) is 0 Å². The lowest BCUT2D eigenvalue weighted by Crippen LogP contribution is -2.20. The lowest BCUT2D eigenvalue weighted by atomic mass is 9.92. The van der Waals surface area contributed by atoms with Gasteiger partial charge in [0, 0.05) is 7.05 Å². The van der Waals surface area contributed by atoms with Crippen LogP contribution in [0.3, 0.4) is 0 Å². The van der Waals surface area contributed by atoms with Gasteiger partial charge in [-0.25, -0.2) is 0 Å². The van der Waals surface area contributed by atoms with Crippen LogP contribution in [-0.2, 0) is 11.4 Å². The van der Waals surface area contributed by atoms with Crippen LogP contribution in [0.2, 0.25) is 0 Å². The van der Waals surface area contributed by atoms with Gasteiger partial charge in [0.1, 0.15) is 11.6 Å². The number of aliphatic hydroxyl groups is 1. The summed E-state index contributed by atoms with van der Waals surface area (Å²) in [7, 11) is 1.50. The summed E-state index contributed by atoms with van der Waals surface area (Å²) in [6, 6.07) is 9.52. The summed E-state index contributed by atoms with van der Waals surface area (Å²) >= 11 is 0. The third-order valence-electron chi connectivity index (χ3n) is 4.07. The van der Waals surface area contributed by atoms with Crippen LogP contribution in [-0.4, -0.2) is 18.1 Å². The normalized spacial score (nSPS) is 13.6.